The number of para-hydroxylation sites is 1. The van der Waals surface area contributed by atoms with Gasteiger partial charge in [0.2, 0.25) is 0 Å². The molecular formula is C23H39IN4O2. The van der Waals surface area contributed by atoms with E-state index in [-0.39, 0.29) is 24.0 Å². The van der Waals surface area contributed by atoms with Crippen molar-refractivity contribution in [3.8, 4) is 5.75 Å². The normalized spacial score (nSPS) is 15.5. The van der Waals surface area contributed by atoms with Gasteiger partial charge in [0, 0.05) is 37.8 Å². The first-order chi connectivity index (χ1) is 14.1. The van der Waals surface area contributed by atoms with Crippen LogP contribution in [0.4, 0.5) is 0 Å². The second-order valence-corrected chi connectivity index (χ2v) is 7.58. The van der Waals surface area contributed by atoms with Crippen LogP contribution in [-0.4, -0.2) is 62.4 Å². The van der Waals surface area contributed by atoms with Crippen molar-refractivity contribution >= 4 is 29.9 Å². The van der Waals surface area contributed by atoms with Crippen molar-refractivity contribution in [3.63, 3.8) is 0 Å². The number of piperidine rings is 1. The van der Waals surface area contributed by atoms with Gasteiger partial charge in [-0.25, -0.2) is 4.99 Å². The monoisotopic (exact) mass is 530 g/mol. The summed E-state index contributed by atoms with van der Waals surface area (Å²) in [5.74, 6) is 1.73. The second-order valence-electron chi connectivity index (χ2n) is 7.58. The number of aliphatic imine (C=N–C) groups is 1. The first-order valence-electron chi connectivity index (χ1n) is 10.8. The maximum absolute atomic E-state index is 5.74. The van der Waals surface area contributed by atoms with E-state index in [4.69, 9.17) is 14.5 Å². The van der Waals surface area contributed by atoms with E-state index < -0.39 is 0 Å². The highest BCUT2D eigenvalue weighted by atomic mass is 127. The SMILES string of the molecule is C=CCOc1ccccc1CN=C(NCC)NC1CCN(CCOC(C)C)CC1.I. The van der Waals surface area contributed by atoms with Crippen molar-refractivity contribution in [1.82, 2.24) is 15.5 Å². The summed E-state index contributed by atoms with van der Waals surface area (Å²) in [5, 5.41) is 6.98. The molecule has 1 heterocycles. The molecule has 1 aliphatic heterocycles. The van der Waals surface area contributed by atoms with Gasteiger partial charge in [-0.2, -0.15) is 0 Å². The molecule has 0 atom stereocenters. The molecule has 1 saturated heterocycles. The van der Waals surface area contributed by atoms with Gasteiger partial charge in [0.25, 0.3) is 0 Å². The average molecular weight is 530 g/mol. The first-order valence-corrected chi connectivity index (χ1v) is 10.8. The summed E-state index contributed by atoms with van der Waals surface area (Å²) >= 11 is 0. The highest BCUT2D eigenvalue weighted by Crippen LogP contribution is 2.19. The lowest BCUT2D eigenvalue weighted by atomic mass is 10.1. The zero-order chi connectivity index (χ0) is 20.9. The summed E-state index contributed by atoms with van der Waals surface area (Å²) < 4.78 is 11.4. The van der Waals surface area contributed by atoms with Crippen molar-refractivity contribution in [1.29, 1.82) is 0 Å². The van der Waals surface area contributed by atoms with Crippen LogP contribution in [0.15, 0.2) is 41.9 Å². The number of ether oxygens (including phenoxy) is 2. The van der Waals surface area contributed by atoms with E-state index >= 15 is 0 Å². The van der Waals surface area contributed by atoms with Gasteiger partial charge in [-0.1, -0.05) is 30.9 Å². The summed E-state index contributed by atoms with van der Waals surface area (Å²) in [6.45, 7) is 15.9. The molecule has 0 aromatic heterocycles. The molecule has 30 heavy (non-hydrogen) atoms. The van der Waals surface area contributed by atoms with Crippen LogP contribution in [0.1, 0.15) is 39.2 Å². The maximum Gasteiger partial charge on any atom is 0.191 e. The van der Waals surface area contributed by atoms with Gasteiger partial charge in [0.05, 0.1) is 19.3 Å². The van der Waals surface area contributed by atoms with Crippen LogP contribution in [-0.2, 0) is 11.3 Å². The number of nitrogens with one attached hydrogen (secondary N) is 2. The molecule has 1 fully saturated rings. The Bertz CT molecular complexity index is 631. The third kappa shape index (κ3) is 10.1. The van der Waals surface area contributed by atoms with E-state index in [0.29, 0.717) is 25.3 Å². The number of rotatable bonds is 11. The lowest BCUT2D eigenvalue weighted by Gasteiger charge is -2.33. The molecule has 0 aliphatic carbocycles. The van der Waals surface area contributed by atoms with E-state index in [0.717, 1.165) is 62.9 Å². The fourth-order valence-electron chi connectivity index (χ4n) is 3.32. The largest absolute Gasteiger partial charge is 0.489 e. The summed E-state index contributed by atoms with van der Waals surface area (Å²) in [4.78, 5) is 7.27. The quantitative estimate of drug-likeness (QED) is 0.197. The fraction of sp³-hybridized carbons (Fsp3) is 0.609. The summed E-state index contributed by atoms with van der Waals surface area (Å²) in [6, 6.07) is 8.48. The molecule has 0 saturated carbocycles. The number of guanidine groups is 1. The minimum absolute atomic E-state index is 0. The van der Waals surface area contributed by atoms with Crippen molar-refractivity contribution in [2.24, 2.45) is 4.99 Å². The molecule has 1 aliphatic rings. The molecule has 0 amide bonds. The van der Waals surface area contributed by atoms with Crippen LogP contribution in [0.2, 0.25) is 0 Å². The third-order valence-corrected chi connectivity index (χ3v) is 4.87. The Morgan fingerprint density at radius 1 is 1.30 bits per heavy atom. The van der Waals surface area contributed by atoms with Gasteiger partial charge < -0.3 is 25.0 Å². The minimum atomic E-state index is 0. The van der Waals surface area contributed by atoms with Gasteiger partial charge in [0.15, 0.2) is 5.96 Å². The third-order valence-electron chi connectivity index (χ3n) is 4.87. The summed E-state index contributed by atoms with van der Waals surface area (Å²) in [6.07, 6.45) is 4.30. The van der Waals surface area contributed by atoms with E-state index in [9.17, 15) is 0 Å². The number of halogens is 1. The van der Waals surface area contributed by atoms with Gasteiger partial charge in [-0.3, -0.25) is 0 Å². The van der Waals surface area contributed by atoms with Gasteiger partial charge in [-0.05, 0) is 39.7 Å². The van der Waals surface area contributed by atoms with Crippen LogP contribution in [0, 0.1) is 0 Å². The van der Waals surface area contributed by atoms with E-state index in [1.54, 1.807) is 6.08 Å². The molecule has 170 valence electrons. The Labute approximate surface area is 199 Å². The molecule has 0 radical (unpaired) electrons. The smallest absolute Gasteiger partial charge is 0.191 e. The van der Waals surface area contributed by atoms with Gasteiger partial charge in [0.1, 0.15) is 12.4 Å². The Kier molecular flexibility index (Phi) is 13.8. The lowest BCUT2D eigenvalue weighted by molar-refractivity contribution is 0.0532. The molecule has 7 heteroatoms. The molecular weight excluding hydrogens is 491 g/mol. The Morgan fingerprint density at radius 2 is 2.03 bits per heavy atom. The molecule has 6 nitrogen and oxygen atoms in total. The number of hydrogen-bond acceptors (Lipinski definition) is 4. The first kappa shape index (κ1) is 26.7. The Hall–Kier alpha value is -1.32. The molecule has 0 unspecified atom stereocenters. The maximum atomic E-state index is 5.74. The van der Waals surface area contributed by atoms with Crippen LogP contribution in [0.5, 0.6) is 5.75 Å². The number of nitrogens with zero attached hydrogens (tertiary/aromatic N) is 2. The standard InChI is InChI=1S/C23H38N4O2.HI/c1-5-16-29-22-10-8-7-9-20(22)18-25-23(24-6-2)26-21-11-13-27(14-12-21)15-17-28-19(3)4;/h5,7-10,19,21H,1,6,11-18H2,2-4H3,(H2,24,25,26);1H. The summed E-state index contributed by atoms with van der Waals surface area (Å²) in [5.41, 5.74) is 1.08. The highest BCUT2D eigenvalue weighted by molar-refractivity contribution is 14.0. The zero-order valence-electron chi connectivity index (χ0n) is 18.7. The average Bonchev–Trinajstić information content (AvgIpc) is 2.72. The number of hydrogen-bond donors (Lipinski definition) is 2. The Morgan fingerprint density at radius 3 is 2.70 bits per heavy atom. The fourth-order valence-corrected chi connectivity index (χ4v) is 3.32. The molecule has 0 bridgehead atoms. The molecule has 2 N–H and O–H groups in total. The predicted molar refractivity (Wildman–Crippen MR) is 136 cm³/mol. The van der Waals surface area contributed by atoms with Crippen molar-refractivity contribution in [2.45, 2.75) is 52.3 Å². The zero-order valence-corrected chi connectivity index (χ0v) is 21.1. The molecule has 2 rings (SSSR count). The molecule has 1 aromatic carbocycles. The van der Waals surface area contributed by atoms with Crippen LogP contribution in [0.25, 0.3) is 0 Å². The van der Waals surface area contributed by atoms with E-state index in [1.165, 1.54) is 0 Å². The predicted octanol–water partition coefficient (Wildman–Crippen LogP) is 3.81. The topological polar surface area (TPSA) is 58.1 Å². The Balaban J connectivity index is 0.00000450. The highest BCUT2D eigenvalue weighted by Gasteiger charge is 2.19. The van der Waals surface area contributed by atoms with Crippen molar-refractivity contribution in [2.75, 3.05) is 39.4 Å². The second kappa shape index (κ2) is 15.5. The van der Waals surface area contributed by atoms with Crippen LogP contribution in [0.3, 0.4) is 0 Å². The van der Waals surface area contributed by atoms with E-state index in [2.05, 4.69) is 49.0 Å². The van der Waals surface area contributed by atoms with Crippen molar-refractivity contribution in [3.05, 3.63) is 42.5 Å². The minimum Gasteiger partial charge on any atom is -0.489 e. The molecule has 1 aromatic rings. The van der Waals surface area contributed by atoms with Crippen LogP contribution < -0.4 is 15.4 Å². The van der Waals surface area contributed by atoms with E-state index in [1.807, 2.05) is 18.2 Å². The van der Waals surface area contributed by atoms with Crippen molar-refractivity contribution < 1.29 is 9.47 Å². The van der Waals surface area contributed by atoms with Gasteiger partial charge in [-0.15, -0.1) is 24.0 Å². The van der Waals surface area contributed by atoms with Gasteiger partial charge >= 0.3 is 0 Å². The lowest BCUT2D eigenvalue weighted by Crippen LogP contribution is -2.49. The number of likely N-dealkylation sites (tertiary alicyclic amines) is 1. The molecule has 0 spiro atoms. The number of benzene rings is 1. The summed E-state index contributed by atoms with van der Waals surface area (Å²) in [7, 11) is 0. The van der Waals surface area contributed by atoms with Crippen LogP contribution >= 0.6 is 24.0 Å².